The lowest BCUT2D eigenvalue weighted by atomic mass is 9.83. The highest BCUT2D eigenvalue weighted by molar-refractivity contribution is 5.91. The smallest absolute Gasteiger partial charge is 0.343 e. The summed E-state index contributed by atoms with van der Waals surface area (Å²) in [5.74, 6) is 0.742. The minimum Gasteiger partial charge on any atom is -0.494 e. The van der Waals surface area contributed by atoms with E-state index in [9.17, 15) is 14.0 Å². The first kappa shape index (κ1) is 27.7. The fourth-order valence-electron chi connectivity index (χ4n) is 4.45. The second kappa shape index (κ2) is 14.6. The largest absolute Gasteiger partial charge is 0.494 e. The Morgan fingerprint density at radius 3 is 2.22 bits per heavy atom. The van der Waals surface area contributed by atoms with Crippen LogP contribution >= 0.6 is 0 Å². The van der Waals surface area contributed by atoms with Gasteiger partial charge < -0.3 is 14.2 Å². The van der Waals surface area contributed by atoms with Crippen LogP contribution in [-0.2, 0) is 16.0 Å². The minimum atomic E-state index is -1.49. The normalized spacial score (nSPS) is 18.3. The summed E-state index contributed by atoms with van der Waals surface area (Å²) in [7, 11) is 0. The molecule has 5 nitrogen and oxygen atoms in total. The Balaban J connectivity index is 1.37. The van der Waals surface area contributed by atoms with Gasteiger partial charge in [-0.2, -0.15) is 0 Å². The molecule has 196 valence electrons. The van der Waals surface area contributed by atoms with Crippen molar-refractivity contribution in [1.82, 2.24) is 0 Å². The molecule has 6 heteroatoms. The Hall–Kier alpha value is -2.89. The topological polar surface area (TPSA) is 61.8 Å². The molecule has 1 atom stereocenters. The predicted molar refractivity (Wildman–Crippen MR) is 138 cm³/mol. The van der Waals surface area contributed by atoms with E-state index >= 15 is 0 Å². The molecule has 36 heavy (non-hydrogen) atoms. The molecule has 0 aliphatic heterocycles. The molecular weight excluding hydrogens is 459 g/mol. The number of carbonyl (C=O) groups is 2. The highest BCUT2D eigenvalue weighted by Gasteiger charge is 2.27. The lowest BCUT2D eigenvalue weighted by molar-refractivity contribution is -0.157. The van der Waals surface area contributed by atoms with Crippen molar-refractivity contribution in [3.63, 3.8) is 0 Å². The number of benzene rings is 2. The zero-order valence-corrected chi connectivity index (χ0v) is 21.5. The maximum absolute atomic E-state index is 13.9. The van der Waals surface area contributed by atoms with Crippen molar-refractivity contribution in [2.75, 3.05) is 6.61 Å². The van der Waals surface area contributed by atoms with Gasteiger partial charge in [-0.1, -0.05) is 38.8 Å². The number of unbranched alkanes of at least 4 members (excludes halogenated alkanes) is 1. The van der Waals surface area contributed by atoms with Crippen molar-refractivity contribution in [3.05, 3.63) is 59.7 Å². The van der Waals surface area contributed by atoms with Crippen LogP contribution in [-0.4, -0.2) is 30.8 Å². The van der Waals surface area contributed by atoms with Gasteiger partial charge in [0.15, 0.2) is 6.17 Å². The number of esters is 2. The summed E-state index contributed by atoms with van der Waals surface area (Å²) < 4.78 is 30.3. The molecule has 0 aromatic heterocycles. The van der Waals surface area contributed by atoms with Gasteiger partial charge >= 0.3 is 11.9 Å². The first-order valence-corrected chi connectivity index (χ1v) is 13.4. The summed E-state index contributed by atoms with van der Waals surface area (Å²) in [6, 6.07) is 14.6. The molecule has 0 heterocycles. The van der Waals surface area contributed by atoms with Crippen molar-refractivity contribution >= 4 is 11.9 Å². The average molecular weight is 499 g/mol. The van der Waals surface area contributed by atoms with Crippen LogP contribution in [0.3, 0.4) is 0 Å². The van der Waals surface area contributed by atoms with Crippen LogP contribution in [0.15, 0.2) is 48.5 Å². The van der Waals surface area contributed by atoms with E-state index in [0.29, 0.717) is 30.3 Å². The van der Waals surface area contributed by atoms with Gasteiger partial charge in [0, 0.05) is 0 Å². The Morgan fingerprint density at radius 1 is 0.917 bits per heavy atom. The molecule has 3 rings (SSSR count). The first-order valence-electron chi connectivity index (χ1n) is 13.4. The first-order chi connectivity index (χ1) is 17.5. The van der Waals surface area contributed by atoms with Crippen LogP contribution in [0.5, 0.6) is 11.5 Å². The Kier molecular flexibility index (Phi) is 11.2. The molecule has 1 fully saturated rings. The van der Waals surface area contributed by atoms with E-state index in [-0.39, 0.29) is 12.5 Å². The lowest BCUT2D eigenvalue weighted by Gasteiger charge is -2.28. The third-order valence-electron chi connectivity index (χ3n) is 6.68. The standard InChI is InChI=1S/C30H39FO5/c1-3-5-6-28(31)30(33)36-27-17-11-23(12-18-27)8-7-22-9-15-26(16-10-22)35-29(32)24-13-19-25(20-14-24)34-21-4-2/h9-10,13-16,19-20,23,27-28H,3-8,11-12,17-18,21H2,1-2H3/t23-,27-,28-/m0/s1. The number of rotatable bonds is 13. The Labute approximate surface area is 214 Å². The molecule has 0 radical (unpaired) electrons. The fourth-order valence-corrected chi connectivity index (χ4v) is 4.45. The van der Waals surface area contributed by atoms with Crippen LogP contribution < -0.4 is 9.47 Å². The maximum Gasteiger partial charge on any atom is 0.343 e. The number of hydrogen-bond acceptors (Lipinski definition) is 5. The predicted octanol–water partition coefficient (Wildman–Crippen LogP) is 7.26. The zero-order valence-electron chi connectivity index (χ0n) is 21.5. The van der Waals surface area contributed by atoms with E-state index in [2.05, 4.69) is 0 Å². The third kappa shape index (κ3) is 8.96. The molecule has 2 aromatic rings. The van der Waals surface area contributed by atoms with E-state index in [1.54, 1.807) is 24.3 Å². The molecule has 1 aliphatic rings. The minimum absolute atomic E-state index is 0.150. The molecule has 1 saturated carbocycles. The van der Waals surface area contributed by atoms with Crippen LogP contribution in [0.4, 0.5) is 4.39 Å². The van der Waals surface area contributed by atoms with Crippen molar-refractivity contribution in [1.29, 1.82) is 0 Å². The number of alkyl halides is 1. The van der Waals surface area contributed by atoms with Crippen LogP contribution in [0.25, 0.3) is 0 Å². The van der Waals surface area contributed by atoms with E-state index in [4.69, 9.17) is 14.2 Å². The maximum atomic E-state index is 13.9. The Bertz CT molecular complexity index is 933. The van der Waals surface area contributed by atoms with Crippen LogP contribution in [0, 0.1) is 5.92 Å². The summed E-state index contributed by atoms with van der Waals surface area (Å²) >= 11 is 0. The highest BCUT2D eigenvalue weighted by Crippen LogP contribution is 2.30. The number of aryl methyl sites for hydroxylation is 1. The molecule has 0 unspecified atom stereocenters. The van der Waals surface area contributed by atoms with Crippen molar-refractivity contribution < 1.29 is 28.2 Å². The number of carbonyl (C=O) groups excluding carboxylic acids is 2. The molecule has 0 spiro atoms. The third-order valence-corrected chi connectivity index (χ3v) is 6.68. The number of ether oxygens (including phenoxy) is 3. The van der Waals surface area contributed by atoms with Gasteiger partial charge in [-0.25, -0.2) is 14.0 Å². The zero-order chi connectivity index (χ0) is 25.8. The summed E-state index contributed by atoms with van der Waals surface area (Å²) in [4.78, 5) is 24.3. The lowest BCUT2D eigenvalue weighted by Crippen LogP contribution is -2.29. The quantitative estimate of drug-likeness (QED) is 0.215. The van der Waals surface area contributed by atoms with Gasteiger partial charge in [-0.05, 0) is 99.2 Å². The van der Waals surface area contributed by atoms with Crippen LogP contribution in [0.1, 0.15) is 87.6 Å². The van der Waals surface area contributed by atoms with Gasteiger partial charge in [-0.3, -0.25) is 0 Å². The second-order valence-electron chi connectivity index (χ2n) is 9.63. The molecule has 0 saturated heterocycles. The monoisotopic (exact) mass is 498 g/mol. The van der Waals surface area contributed by atoms with Gasteiger partial charge in [0.2, 0.25) is 0 Å². The van der Waals surface area contributed by atoms with E-state index < -0.39 is 18.1 Å². The van der Waals surface area contributed by atoms with Gasteiger partial charge in [-0.15, -0.1) is 0 Å². The summed E-state index contributed by atoms with van der Waals surface area (Å²) in [5.41, 5.74) is 1.67. The summed E-state index contributed by atoms with van der Waals surface area (Å²) in [6.45, 7) is 4.67. The SMILES string of the molecule is CCCC[C@H](F)C(=O)O[C@H]1CC[C@H](CCc2ccc(OC(=O)c3ccc(OCCC)cc3)cc2)CC1. The van der Waals surface area contributed by atoms with Crippen LogP contribution in [0.2, 0.25) is 0 Å². The number of hydrogen-bond donors (Lipinski definition) is 0. The second-order valence-corrected chi connectivity index (χ2v) is 9.63. The van der Waals surface area contributed by atoms with E-state index in [1.165, 1.54) is 5.56 Å². The summed E-state index contributed by atoms with van der Waals surface area (Å²) in [6.07, 6.45) is 6.69. The van der Waals surface area contributed by atoms with E-state index in [1.807, 2.05) is 38.1 Å². The van der Waals surface area contributed by atoms with Crippen molar-refractivity contribution in [2.24, 2.45) is 5.92 Å². The van der Waals surface area contributed by atoms with Crippen molar-refractivity contribution in [2.45, 2.75) is 90.3 Å². The van der Waals surface area contributed by atoms with Gasteiger partial charge in [0.25, 0.3) is 0 Å². The average Bonchev–Trinajstić information content (AvgIpc) is 2.91. The molecule has 0 bridgehead atoms. The Morgan fingerprint density at radius 2 is 1.58 bits per heavy atom. The molecular formula is C30H39FO5. The molecule has 0 N–H and O–H groups in total. The molecule has 0 amide bonds. The molecule has 2 aromatic carbocycles. The van der Waals surface area contributed by atoms with E-state index in [0.717, 1.165) is 57.1 Å². The fraction of sp³-hybridized carbons (Fsp3) is 0.533. The molecule has 1 aliphatic carbocycles. The summed E-state index contributed by atoms with van der Waals surface area (Å²) in [5, 5.41) is 0. The van der Waals surface area contributed by atoms with Gasteiger partial charge in [0.1, 0.15) is 17.6 Å². The number of halogens is 1. The highest BCUT2D eigenvalue weighted by atomic mass is 19.1. The van der Waals surface area contributed by atoms with Crippen molar-refractivity contribution in [3.8, 4) is 11.5 Å². The van der Waals surface area contributed by atoms with Gasteiger partial charge in [0.05, 0.1) is 12.2 Å².